The smallest absolute Gasteiger partial charge is 0.222 e. The van der Waals surface area contributed by atoms with E-state index in [0.717, 1.165) is 12.1 Å². The number of pyridine rings is 1. The molecule has 0 amide bonds. The fourth-order valence-electron chi connectivity index (χ4n) is 2.02. The molecule has 1 aromatic carbocycles. The van der Waals surface area contributed by atoms with E-state index in [1.807, 2.05) is 31.3 Å². The zero-order valence-electron chi connectivity index (χ0n) is 11.4. The maximum Gasteiger partial charge on any atom is 0.222 e. The molecule has 0 atom stereocenters. The van der Waals surface area contributed by atoms with Crippen LogP contribution >= 0.6 is 11.6 Å². The largest absolute Gasteiger partial charge is 0.439 e. The molecular weight excluding hydrogens is 272 g/mol. The number of nitrogens with zero attached hydrogens (tertiary/aromatic N) is 1. The maximum atomic E-state index is 5.94. The Morgan fingerprint density at radius 1 is 1.35 bits per heavy atom. The van der Waals surface area contributed by atoms with E-state index in [4.69, 9.17) is 16.3 Å². The molecule has 1 fully saturated rings. The summed E-state index contributed by atoms with van der Waals surface area (Å²) in [5.74, 6) is 1.33. The number of hydrogen-bond acceptors (Lipinski definition) is 3. The van der Waals surface area contributed by atoms with Crippen molar-refractivity contribution in [2.75, 3.05) is 0 Å². The summed E-state index contributed by atoms with van der Waals surface area (Å²) in [7, 11) is 0. The number of hydrogen-bond donors (Lipinski definition) is 1. The summed E-state index contributed by atoms with van der Waals surface area (Å²) in [5.41, 5.74) is 2.22. The lowest BCUT2D eigenvalue weighted by Gasteiger charge is -2.10. The van der Waals surface area contributed by atoms with Crippen LogP contribution in [0.25, 0.3) is 0 Å². The van der Waals surface area contributed by atoms with Gasteiger partial charge >= 0.3 is 0 Å². The van der Waals surface area contributed by atoms with E-state index in [2.05, 4.69) is 16.4 Å². The van der Waals surface area contributed by atoms with Gasteiger partial charge in [0.15, 0.2) is 0 Å². The summed E-state index contributed by atoms with van der Waals surface area (Å²) >= 11 is 5.94. The van der Waals surface area contributed by atoms with E-state index < -0.39 is 0 Å². The highest BCUT2D eigenvalue weighted by molar-refractivity contribution is 6.30. The molecule has 0 bridgehead atoms. The van der Waals surface area contributed by atoms with E-state index in [0.29, 0.717) is 22.7 Å². The Hall–Kier alpha value is -1.58. The summed E-state index contributed by atoms with van der Waals surface area (Å²) in [6.45, 7) is 2.88. The van der Waals surface area contributed by atoms with Gasteiger partial charge in [0.2, 0.25) is 5.88 Å². The first-order valence-electron chi connectivity index (χ1n) is 6.83. The first kappa shape index (κ1) is 13.4. The molecule has 0 saturated heterocycles. The monoisotopic (exact) mass is 288 g/mol. The number of rotatable bonds is 5. The Morgan fingerprint density at radius 3 is 2.90 bits per heavy atom. The summed E-state index contributed by atoms with van der Waals surface area (Å²) in [6.07, 6.45) is 4.45. The average molecular weight is 289 g/mol. The van der Waals surface area contributed by atoms with E-state index in [1.54, 1.807) is 6.07 Å². The van der Waals surface area contributed by atoms with Crippen molar-refractivity contribution in [2.45, 2.75) is 32.4 Å². The van der Waals surface area contributed by atoms with E-state index >= 15 is 0 Å². The van der Waals surface area contributed by atoms with Gasteiger partial charge in [0, 0.05) is 29.4 Å². The van der Waals surface area contributed by atoms with E-state index in [1.165, 1.54) is 18.4 Å². The molecule has 0 unspecified atom stereocenters. The second kappa shape index (κ2) is 5.81. The summed E-state index contributed by atoms with van der Waals surface area (Å²) in [5, 5.41) is 4.14. The van der Waals surface area contributed by atoms with Crippen molar-refractivity contribution in [3.05, 3.63) is 52.7 Å². The van der Waals surface area contributed by atoms with Crippen molar-refractivity contribution in [3.8, 4) is 11.6 Å². The third-order valence-electron chi connectivity index (χ3n) is 3.27. The fourth-order valence-corrected chi connectivity index (χ4v) is 2.20. The Balaban J connectivity index is 1.69. The SMILES string of the molecule is Cc1cc(CNC2CC2)cnc1Oc1cccc(Cl)c1. The Kier molecular flexibility index (Phi) is 3.90. The normalized spacial score (nSPS) is 14.3. The first-order valence-corrected chi connectivity index (χ1v) is 7.21. The Bertz CT molecular complexity index is 611. The van der Waals surface area contributed by atoms with Crippen molar-refractivity contribution in [2.24, 2.45) is 0 Å². The number of halogens is 1. The maximum absolute atomic E-state index is 5.94. The van der Waals surface area contributed by atoms with Gasteiger partial charge in [0.05, 0.1) is 0 Å². The van der Waals surface area contributed by atoms with Gasteiger partial charge in [-0.15, -0.1) is 0 Å². The van der Waals surface area contributed by atoms with Gasteiger partial charge in [-0.2, -0.15) is 0 Å². The minimum Gasteiger partial charge on any atom is -0.439 e. The molecule has 1 saturated carbocycles. The molecule has 1 N–H and O–H groups in total. The number of benzene rings is 1. The van der Waals surface area contributed by atoms with Crippen LogP contribution in [0.3, 0.4) is 0 Å². The summed E-state index contributed by atoms with van der Waals surface area (Å²) in [4.78, 5) is 4.40. The lowest BCUT2D eigenvalue weighted by Crippen LogP contribution is -2.15. The third kappa shape index (κ3) is 3.50. The van der Waals surface area contributed by atoms with Gasteiger partial charge in [-0.05, 0) is 49.6 Å². The second-order valence-electron chi connectivity index (χ2n) is 5.18. The summed E-state index contributed by atoms with van der Waals surface area (Å²) < 4.78 is 5.77. The molecule has 1 aromatic heterocycles. The molecule has 0 radical (unpaired) electrons. The van der Waals surface area contributed by atoms with Gasteiger partial charge in [-0.1, -0.05) is 17.7 Å². The minimum absolute atomic E-state index is 0.627. The fraction of sp³-hybridized carbons (Fsp3) is 0.312. The zero-order valence-corrected chi connectivity index (χ0v) is 12.2. The van der Waals surface area contributed by atoms with Crippen molar-refractivity contribution < 1.29 is 4.74 Å². The van der Waals surface area contributed by atoms with Gasteiger partial charge in [0.1, 0.15) is 5.75 Å². The molecule has 3 nitrogen and oxygen atoms in total. The van der Waals surface area contributed by atoms with Crippen LogP contribution in [0.15, 0.2) is 36.5 Å². The Labute approximate surface area is 123 Å². The van der Waals surface area contributed by atoms with Crippen LogP contribution in [0.2, 0.25) is 5.02 Å². The van der Waals surface area contributed by atoms with Gasteiger partial charge < -0.3 is 10.1 Å². The molecule has 1 heterocycles. The minimum atomic E-state index is 0.627. The van der Waals surface area contributed by atoms with Crippen LogP contribution in [0.5, 0.6) is 11.6 Å². The third-order valence-corrected chi connectivity index (χ3v) is 3.50. The number of ether oxygens (including phenoxy) is 1. The topological polar surface area (TPSA) is 34.2 Å². The van der Waals surface area contributed by atoms with Crippen LogP contribution in [-0.4, -0.2) is 11.0 Å². The molecule has 2 aromatic rings. The van der Waals surface area contributed by atoms with Crippen molar-refractivity contribution >= 4 is 11.6 Å². The molecule has 1 aliphatic carbocycles. The number of aryl methyl sites for hydroxylation is 1. The van der Waals surface area contributed by atoms with Crippen LogP contribution in [0.4, 0.5) is 0 Å². The number of aromatic nitrogens is 1. The average Bonchev–Trinajstić information content (AvgIpc) is 3.23. The highest BCUT2D eigenvalue weighted by Crippen LogP contribution is 2.26. The summed E-state index contributed by atoms with van der Waals surface area (Å²) in [6, 6.07) is 10.2. The molecule has 20 heavy (non-hydrogen) atoms. The molecule has 0 spiro atoms. The van der Waals surface area contributed by atoms with Crippen LogP contribution in [0.1, 0.15) is 24.0 Å². The molecule has 1 aliphatic rings. The lowest BCUT2D eigenvalue weighted by atomic mass is 10.2. The standard InChI is InChI=1S/C16H17ClN2O/c1-11-7-12(9-18-14-5-6-14)10-19-16(11)20-15-4-2-3-13(17)8-15/h2-4,7-8,10,14,18H,5-6,9H2,1H3. The first-order chi connectivity index (χ1) is 9.70. The van der Waals surface area contributed by atoms with Crippen molar-refractivity contribution in [1.82, 2.24) is 10.3 Å². The molecule has 0 aliphatic heterocycles. The quantitative estimate of drug-likeness (QED) is 0.900. The van der Waals surface area contributed by atoms with Crippen molar-refractivity contribution in [1.29, 1.82) is 0 Å². The van der Waals surface area contributed by atoms with Crippen LogP contribution < -0.4 is 10.1 Å². The molecular formula is C16H17ClN2O. The van der Waals surface area contributed by atoms with Crippen molar-refractivity contribution in [3.63, 3.8) is 0 Å². The van der Waals surface area contributed by atoms with E-state index in [9.17, 15) is 0 Å². The Morgan fingerprint density at radius 2 is 2.20 bits per heavy atom. The van der Waals surface area contributed by atoms with E-state index in [-0.39, 0.29) is 0 Å². The lowest BCUT2D eigenvalue weighted by molar-refractivity contribution is 0.458. The zero-order chi connectivity index (χ0) is 13.9. The molecule has 3 rings (SSSR count). The predicted molar refractivity (Wildman–Crippen MR) is 80.4 cm³/mol. The predicted octanol–water partition coefficient (Wildman–Crippen LogP) is 4.09. The van der Waals surface area contributed by atoms with Gasteiger partial charge in [-0.25, -0.2) is 4.98 Å². The molecule has 4 heteroatoms. The number of nitrogens with one attached hydrogen (secondary N) is 1. The van der Waals surface area contributed by atoms with Gasteiger partial charge in [0.25, 0.3) is 0 Å². The van der Waals surface area contributed by atoms with Crippen LogP contribution in [-0.2, 0) is 6.54 Å². The van der Waals surface area contributed by atoms with Crippen LogP contribution in [0, 0.1) is 6.92 Å². The van der Waals surface area contributed by atoms with Gasteiger partial charge in [-0.3, -0.25) is 0 Å². The highest BCUT2D eigenvalue weighted by Gasteiger charge is 2.20. The highest BCUT2D eigenvalue weighted by atomic mass is 35.5. The second-order valence-corrected chi connectivity index (χ2v) is 5.62. The molecule has 104 valence electrons.